The number of hydrogen-bond acceptors (Lipinski definition) is 7. The molecule has 1 aliphatic heterocycles. The molecule has 1 saturated heterocycles. The van der Waals surface area contributed by atoms with Gasteiger partial charge in [0, 0.05) is 61.9 Å². The molecular weight excluding hydrogens is 555 g/mol. The van der Waals surface area contributed by atoms with Gasteiger partial charge in [-0.1, -0.05) is 23.7 Å². The molecule has 5 aromatic rings. The second kappa shape index (κ2) is 13.3. The van der Waals surface area contributed by atoms with E-state index in [0.717, 1.165) is 73.8 Å². The Morgan fingerprint density at radius 3 is 2.74 bits per heavy atom. The number of benzene rings is 3. The quantitative estimate of drug-likeness (QED) is 0.185. The molecule has 0 unspecified atom stereocenters. The van der Waals surface area contributed by atoms with Crippen molar-refractivity contribution in [2.45, 2.75) is 13.2 Å². The maximum atomic E-state index is 13.5. The third kappa shape index (κ3) is 7.06. The van der Waals surface area contributed by atoms with Crippen molar-refractivity contribution in [3.8, 4) is 11.4 Å². The number of hydrogen-bond donors (Lipinski definition) is 2. The zero-order chi connectivity index (χ0) is 28.7. The second-order valence-corrected chi connectivity index (χ2v) is 10.6. The summed E-state index contributed by atoms with van der Waals surface area (Å²) >= 11 is 6.52. The van der Waals surface area contributed by atoms with Crippen LogP contribution in [0.1, 0.15) is 11.1 Å². The lowest BCUT2D eigenvalue weighted by Gasteiger charge is -2.26. The highest BCUT2D eigenvalue weighted by molar-refractivity contribution is 6.32. The maximum Gasteiger partial charge on any atom is 0.141 e. The molecule has 0 bridgehead atoms. The number of anilines is 2. The number of aromatic nitrogens is 3. The Balaban J connectivity index is 1.11. The zero-order valence-corrected chi connectivity index (χ0v) is 23.9. The van der Waals surface area contributed by atoms with Crippen molar-refractivity contribution in [1.29, 1.82) is 0 Å². The average Bonchev–Trinajstić information content (AvgIpc) is 3.49. The number of rotatable bonds is 11. The number of ether oxygens (including phenoxy) is 2. The average molecular weight is 587 g/mol. The maximum absolute atomic E-state index is 13.5. The molecule has 216 valence electrons. The minimum atomic E-state index is -0.300. The molecule has 3 heterocycles. The van der Waals surface area contributed by atoms with Crippen LogP contribution in [0, 0.1) is 5.82 Å². The minimum Gasteiger partial charge on any atom is -0.487 e. The van der Waals surface area contributed by atoms with E-state index in [2.05, 4.69) is 60.7 Å². The van der Waals surface area contributed by atoms with Crippen molar-refractivity contribution in [2.75, 3.05) is 44.7 Å². The normalized spacial score (nSPS) is 13.9. The van der Waals surface area contributed by atoms with E-state index in [0.29, 0.717) is 16.6 Å². The van der Waals surface area contributed by atoms with Crippen molar-refractivity contribution >= 4 is 34.0 Å². The fourth-order valence-electron chi connectivity index (χ4n) is 4.93. The van der Waals surface area contributed by atoms with Crippen molar-refractivity contribution in [2.24, 2.45) is 0 Å². The minimum absolute atomic E-state index is 0.217. The Morgan fingerprint density at radius 2 is 1.88 bits per heavy atom. The van der Waals surface area contributed by atoms with Gasteiger partial charge >= 0.3 is 0 Å². The van der Waals surface area contributed by atoms with Gasteiger partial charge in [0.2, 0.25) is 0 Å². The first-order chi connectivity index (χ1) is 20.6. The molecular formula is C32H32ClFN6O2. The Labute approximate surface area is 249 Å². The van der Waals surface area contributed by atoms with E-state index in [1.165, 1.54) is 17.7 Å². The van der Waals surface area contributed by atoms with E-state index < -0.39 is 0 Å². The monoisotopic (exact) mass is 586 g/mol. The van der Waals surface area contributed by atoms with E-state index in [9.17, 15) is 4.39 Å². The van der Waals surface area contributed by atoms with Crippen molar-refractivity contribution in [1.82, 2.24) is 24.8 Å². The highest BCUT2D eigenvalue weighted by Gasteiger charge is 2.11. The van der Waals surface area contributed by atoms with Crippen LogP contribution >= 0.6 is 11.6 Å². The molecule has 6 rings (SSSR count). The highest BCUT2D eigenvalue weighted by atomic mass is 35.5. The summed E-state index contributed by atoms with van der Waals surface area (Å²) < 4.78 is 26.8. The van der Waals surface area contributed by atoms with Gasteiger partial charge in [0.1, 0.15) is 30.3 Å². The first-order valence-corrected chi connectivity index (χ1v) is 14.4. The molecule has 0 aliphatic carbocycles. The third-order valence-electron chi connectivity index (χ3n) is 7.19. The number of nitrogens with one attached hydrogen (secondary N) is 2. The van der Waals surface area contributed by atoms with E-state index in [1.54, 1.807) is 30.6 Å². The van der Waals surface area contributed by atoms with Crippen LogP contribution in [0.4, 0.5) is 15.9 Å². The predicted molar refractivity (Wildman–Crippen MR) is 163 cm³/mol. The molecule has 1 aliphatic rings. The van der Waals surface area contributed by atoms with Crippen LogP contribution in [0.5, 0.6) is 5.75 Å². The van der Waals surface area contributed by atoms with E-state index in [4.69, 9.17) is 21.1 Å². The molecule has 2 N–H and O–H groups in total. The summed E-state index contributed by atoms with van der Waals surface area (Å²) in [5, 5.41) is 8.24. The van der Waals surface area contributed by atoms with Crippen LogP contribution in [0.2, 0.25) is 5.02 Å². The van der Waals surface area contributed by atoms with Crippen LogP contribution < -0.4 is 15.4 Å². The molecule has 0 spiro atoms. The lowest BCUT2D eigenvalue weighted by atomic mass is 10.2. The topological polar surface area (TPSA) is 76.5 Å². The summed E-state index contributed by atoms with van der Waals surface area (Å²) in [6, 6.07) is 20.0. The largest absolute Gasteiger partial charge is 0.487 e. The van der Waals surface area contributed by atoms with Crippen LogP contribution in [0.15, 0.2) is 85.5 Å². The smallest absolute Gasteiger partial charge is 0.141 e. The summed E-state index contributed by atoms with van der Waals surface area (Å²) in [5.41, 5.74) is 4.55. The summed E-state index contributed by atoms with van der Waals surface area (Å²) in [4.78, 5) is 11.4. The number of nitrogens with zero attached hydrogens (tertiary/aromatic N) is 4. The molecule has 10 heteroatoms. The van der Waals surface area contributed by atoms with Gasteiger partial charge in [0.05, 0.1) is 23.8 Å². The molecule has 0 saturated carbocycles. The lowest BCUT2D eigenvalue weighted by molar-refractivity contribution is 0.0384. The van der Waals surface area contributed by atoms with Crippen LogP contribution in [0.25, 0.3) is 16.6 Å². The van der Waals surface area contributed by atoms with Gasteiger partial charge in [0.25, 0.3) is 0 Å². The van der Waals surface area contributed by atoms with Crippen LogP contribution in [-0.2, 0) is 17.9 Å². The molecule has 0 amide bonds. The standard InChI is InChI=1S/C32H32ClFN6O2/c33-29-17-26(4-7-31(29)42-21-23-2-1-3-25(34)16-23)38-32-28-18-27(5-6-30(28)36-22-37-32)40-10-8-24(20-40)19-35-9-11-39-12-14-41-15-13-39/h1-8,10,16-18,20,22,35H,9,11-15,19,21H2,(H,36,37,38). The first kappa shape index (κ1) is 28.1. The fraction of sp³-hybridized carbons (Fsp3) is 0.250. The van der Waals surface area contributed by atoms with Crippen LogP contribution in [-0.4, -0.2) is 58.8 Å². The van der Waals surface area contributed by atoms with Crippen molar-refractivity contribution in [3.63, 3.8) is 0 Å². The van der Waals surface area contributed by atoms with Crippen LogP contribution in [0.3, 0.4) is 0 Å². The number of fused-ring (bicyclic) bond motifs is 1. The Hall–Kier alpha value is -4.02. The first-order valence-electron chi connectivity index (χ1n) is 14.0. The number of halogens is 2. The summed E-state index contributed by atoms with van der Waals surface area (Å²) in [6.07, 6.45) is 5.75. The SMILES string of the molecule is Fc1cccc(COc2ccc(Nc3ncnc4ccc(-n5ccc(CNCCN6CCOCC6)c5)cc34)cc2Cl)c1. The number of morpholine rings is 1. The van der Waals surface area contributed by atoms with Crippen molar-refractivity contribution in [3.05, 3.63) is 107 Å². The van der Waals surface area contributed by atoms with Gasteiger partial charge in [-0.25, -0.2) is 14.4 Å². The zero-order valence-electron chi connectivity index (χ0n) is 23.1. The molecule has 0 radical (unpaired) electrons. The molecule has 3 aromatic carbocycles. The fourth-order valence-corrected chi connectivity index (χ4v) is 5.16. The van der Waals surface area contributed by atoms with E-state index in [1.807, 2.05) is 12.1 Å². The molecule has 1 fully saturated rings. The third-order valence-corrected chi connectivity index (χ3v) is 7.48. The van der Waals surface area contributed by atoms with Crippen molar-refractivity contribution < 1.29 is 13.9 Å². The summed E-state index contributed by atoms with van der Waals surface area (Å²) in [6.45, 7) is 6.66. The molecule has 0 atom stereocenters. The van der Waals surface area contributed by atoms with Gasteiger partial charge in [-0.05, 0) is 65.7 Å². The van der Waals surface area contributed by atoms with Gasteiger partial charge in [-0.2, -0.15) is 0 Å². The van der Waals surface area contributed by atoms with Gasteiger partial charge in [0.15, 0.2) is 0 Å². The Morgan fingerprint density at radius 1 is 0.976 bits per heavy atom. The molecule has 8 nitrogen and oxygen atoms in total. The van der Waals surface area contributed by atoms with Gasteiger partial charge < -0.3 is 24.7 Å². The molecule has 42 heavy (non-hydrogen) atoms. The second-order valence-electron chi connectivity index (χ2n) is 10.2. The highest BCUT2D eigenvalue weighted by Crippen LogP contribution is 2.31. The Kier molecular flexibility index (Phi) is 8.91. The van der Waals surface area contributed by atoms with Gasteiger partial charge in [-0.15, -0.1) is 0 Å². The summed E-state index contributed by atoms with van der Waals surface area (Å²) in [7, 11) is 0. The lowest BCUT2D eigenvalue weighted by Crippen LogP contribution is -2.40. The summed E-state index contributed by atoms with van der Waals surface area (Å²) in [5.74, 6) is 0.884. The van der Waals surface area contributed by atoms with E-state index >= 15 is 0 Å². The Bertz CT molecular complexity index is 1660. The predicted octanol–water partition coefficient (Wildman–Crippen LogP) is 5.96. The van der Waals surface area contributed by atoms with E-state index in [-0.39, 0.29) is 12.4 Å². The molecule has 2 aromatic heterocycles. The van der Waals surface area contributed by atoms with Gasteiger partial charge in [-0.3, -0.25) is 4.90 Å².